The van der Waals surface area contributed by atoms with E-state index in [1.54, 1.807) is 0 Å². The number of benzene rings is 3. The van der Waals surface area contributed by atoms with Crippen LogP contribution in [-0.4, -0.2) is 23.3 Å². The molecule has 0 N–H and O–H groups in total. The molecule has 0 saturated carbocycles. The highest BCUT2D eigenvalue weighted by Crippen LogP contribution is 2.55. The number of rotatable bonds is 3. The Balaban J connectivity index is 1.64. The fraction of sp³-hybridized carbons (Fsp3) is 0.233. The summed E-state index contributed by atoms with van der Waals surface area (Å²) in [6.45, 7) is 8.38. The number of hydrogen-bond acceptors (Lipinski definition) is 3. The zero-order valence-electron chi connectivity index (χ0n) is 20.1. The van der Waals surface area contributed by atoms with Crippen molar-refractivity contribution in [2.45, 2.75) is 44.3 Å². The number of hydrogen-bond donors (Lipinski definition) is 0. The molecule has 1 aliphatic carbocycles. The van der Waals surface area contributed by atoms with Crippen LogP contribution in [0, 0.1) is 0 Å². The third-order valence-corrected chi connectivity index (χ3v) is 7.85. The highest BCUT2D eigenvalue weighted by atomic mass is 16.7. The Morgan fingerprint density at radius 2 is 1.29 bits per heavy atom. The topological polar surface area (TPSA) is 31.4 Å². The van der Waals surface area contributed by atoms with E-state index in [0.29, 0.717) is 0 Å². The van der Waals surface area contributed by atoms with Crippen LogP contribution in [0.25, 0.3) is 11.1 Å². The Morgan fingerprint density at radius 3 is 2.00 bits per heavy atom. The zero-order valence-corrected chi connectivity index (χ0v) is 20.1. The van der Waals surface area contributed by atoms with Crippen LogP contribution in [0.5, 0.6) is 0 Å². The Kier molecular flexibility index (Phi) is 4.64. The summed E-state index contributed by atoms with van der Waals surface area (Å²) in [4.78, 5) is 4.92. The molecule has 6 rings (SSSR count). The lowest BCUT2D eigenvalue weighted by molar-refractivity contribution is 0.00578. The van der Waals surface area contributed by atoms with E-state index in [1.165, 1.54) is 27.8 Å². The first kappa shape index (κ1) is 21.3. The van der Waals surface area contributed by atoms with Crippen LogP contribution in [0.3, 0.4) is 0 Å². The molecular formula is C30H28BNO2. The number of aromatic nitrogens is 1. The molecular weight excluding hydrogens is 417 g/mol. The fourth-order valence-corrected chi connectivity index (χ4v) is 5.43. The van der Waals surface area contributed by atoms with Gasteiger partial charge in [0.25, 0.3) is 0 Å². The van der Waals surface area contributed by atoms with Gasteiger partial charge >= 0.3 is 7.12 Å². The number of pyridine rings is 1. The average molecular weight is 445 g/mol. The summed E-state index contributed by atoms with van der Waals surface area (Å²) in [5.74, 6) is 0. The van der Waals surface area contributed by atoms with E-state index < -0.39 is 23.7 Å². The van der Waals surface area contributed by atoms with Gasteiger partial charge in [0.05, 0.1) is 22.3 Å². The molecule has 3 nitrogen and oxygen atoms in total. The van der Waals surface area contributed by atoms with E-state index >= 15 is 0 Å². The summed E-state index contributed by atoms with van der Waals surface area (Å²) in [5.41, 5.74) is 6.87. The molecule has 2 aliphatic rings. The highest BCUT2D eigenvalue weighted by molar-refractivity contribution is 6.62. The fourth-order valence-electron chi connectivity index (χ4n) is 5.43. The molecule has 0 bridgehead atoms. The van der Waals surface area contributed by atoms with E-state index in [-0.39, 0.29) is 0 Å². The molecule has 1 aliphatic heterocycles. The van der Waals surface area contributed by atoms with Gasteiger partial charge in [0.1, 0.15) is 0 Å². The van der Waals surface area contributed by atoms with Gasteiger partial charge in [0.2, 0.25) is 0 Å². The minimum Gasteiger partial charge on any atom is -0.399 e. The average Bonchev–Trinajstić information content (AvgIpc) is 3.27. The van der Waals surface area contributed by atoms with Crippen LogP contribution in [0.2, 0.25) is 0 Å². The summed E-state index contributed by atoms with van der Waals surface area (Å²) in [6.07, 6.45) is 1.89. The molecule has 0 spiro atoms. The van der Waals surface area contributed by atoms with Crippen molar-refractivity contribution in [1.29, 1.82) is 0 Å². The maximum absolute atomic E-state index is 6.43. The molecule has 4 aromatic rings. The van der Waals surface area contributed by atoms with Gasteiger partial charge in [-0.15, -0.1) is 0 Å². The standard InChI is InChI=1S/C30H28BNO2/c1-28(2)29(3,4)34-31(33-28)22-17-18-24-23-14-8-9-15-25(23)30(26(24)20-22,21-12-6-5-7-13-21)27-16-10-11-19-32-27/h5-20H,1-4H3. The van der Waals surface area contributed by atoms with E-state index in [9.17, 15) is 0 Å². The summed E-state index contributed by atoms with van der Waals surface area (Å²) in [6, 6.07) is 32.3. The van der Waals surface area contributed by atoms with E-state index in [4.69, 9.17) is 14.3 Å². The first-order valence-electron chi connectivity index (χ1n) is 11.9. The molecule has 0 radical (unpaired) electrons. The lowest BCUT2D eigenvalue weighted by atomic mass is 9.68. The van der Waals surface area contributed by atoms with Crippen molar-refractivity contribution >= 4 is 12.6 Å². The zero-order chi connectivity index (χ0) is 23.6. The van der Waals surface area contributed by atoms with Crippen molar-refractivity contribution < 1.29 is 9.31 Å². The highest BCUT2D eigenvalue weighted by Gasteiger charge is 2.53. The van der Waals surface area contributed by atoms with Crippen molar-refractivity contribution in [1.82, 2.24) is 4.98 Å². The molecule has 34 heavy (non-hydrogen) atoms. The molecule has 168 valence electrons. The maximum atomic E-state index is 6.43. The van der Waals surface area contributed by atoms with Crippen LogP contribution in [-0.2, 0) is 14.7 Å². The minimum atomic E-state index is -0.520. The third-order valence-electron chi connectivity index (χ3n) is 7.85. The first-order chi connectivity index (χ1) is 16.3. The normalized spacial score (nSPS) is 21.8. The van der Waals surface area contributed by atoms with Gasteiger partial charge in [-0.05, 0) is 73.1 Å². The van der Waals surface area contributed by atoms with Crippen molar-refractivity contribution in [3.63, 3.8) is 0 Å². The summed E-state index contributed by atoms with van der Waals surface area (Å²) >= 11 is 0. The Labute approximate surface area is 201 Å². The lowest BCUT2D eigenvalue weighted by Crippen LogP contribution is -2.41. The second-order valence-corrected chi connectivity index (χ2v) is 10.3. The maximum Gasteiger partial charge on any atom is 0.494 e. The molecule has 1 fully saturated rings. The van der Waals surface area contributed by atoms with Gasteiger partial charge in [-0.2, -0.15) is 0 Å². The van der Waals surface area contributed by atoms with Gasteiger partial charge in [0, 0.05) is 6.20 Å². The summed E-state index contributed by atoms with van der Waals surface area (Å²) < 4.78 is 12.9. The van der Waals surface area contributed by atoms with Crippen molar-refractivity contribution in [2.75, 3.05) is 0 Å². The minimum absolute atomic E-state index is 0.392. The first-order valence-corrected chi connectivity index (χ1v) is 11.9. The molecule has 4 heteroatoms. The van der Waals surface area contributed by atoms with Gasteiger partial charge in [-0.25, -0.2) is 0 Å². The lowest BCUT2D eigenvalue weighted by Gasteiger charge is -2.32. The molecule has 1 aromatic heterocycles. The predicted molar refractivity (Wildman–Crippen MR) is 137 cm³/mol. The Hall–Kier alpha value is -3.21. The molecule has 1 unspecified atom stereocenters. The van der Waals surface area contributed by atoms with Gasteiger partial charge in [0.15, 0.2) is 0 Å². The smallest absolute Gasteiger partial charge is 0.399 e. The largest absolute Gasteiger partial charge is 0.494 e. The number of fused-ring (bicyclic) bond motifs is 3. The molecule has 1 atom stereocenters. The Morgan fingerprint density at radius 1 is 0.647 bits per heavy atom. The van der Waals surface area contributed by atoms with E-state index in [2.05, 4.69) is 113 Å². The van der Waals surface area contributed by atoms with Crippen molar-refractivity contribution in [2.24, 2.45) is 0 Å². The second-order valence-electron chi connectivity index (χ2n) is 10.3. The van der Waals surface area contributed by atoms with E-state index in [0.717, 1.165) is 11.2 Å². The molecule has 0 amide bonds. The number of nitrogens with zero attached hydrogens (tertiary/aromatic N) is 1. The van der Waals surface area contributed by atoms with Crippen molar-refractivity contribution in [3.05, 3.63) is 120 Å². The predicted octanol–water partition coefficient (Wildman–Crippen LogP) is 5.74. The SMILES string of the molecule is CC1(C)OB(c2ccc3c(c2)C(c2ccccc2)(c2ccccn2)c2ccccc2-3)OC1(C)C. The summed E-state index contributed by atoms with van der Waals surface area (Å²) in [5, 5.41) is 0. The van der Waals surface area contributed by atoms with Crippen LogP contribution >= 0.6 is 0 Å². The Bertz CT molecular complexity index is 1310. The molecule has 3 aromatic carbocycles. The molecule has 2 heterocycles. The van der Waals surface area contributed by atoms with E-state index in [1.807, 2.05) is 12.3 Å². The molecule has 1 saturated heterocycles. The van der Waals surface area contributed by atoms with Gasteiger partial charge in [-0.1, -0.05) is 78.9 Å². The summed E-state index contributed by atoms with van der Waals surface area (Å²) in [7, 11) is -0.420. The van der Waals surface area contributed by atoms with Crippen LogP contribution in [0.4, 0.5) is 0 Å². The third kappa shape index (κ3) is 2.89. The second kappa shape index (κ2) is 7.40. The van der Waals surface area contributed by atoms with Gasteiger partial charge in [-0.3, -0.25) is 4.98 Å². The van der Waals surface area contributed by atoms with Gasteiger partial charge < -0.3 is 9.31 Å². The van der Waals surface area contributed by atoms with Crippen LogP contribution < -0.4 is 5.46 Å². The monoisotopic (exact) mass is 445 g/mol. The van der Waals surface area contributed by atoms with Crippen molar-refractivity contribution in [3.8, 4) is 11.1 Å². The van der Waals surface area contributed by atoms with Crippen LogP contribution in [0.1, 0.15) is 50.1 Å². The quantitative estimate of drug-likeness (QED) is 0.332. The van der Waals surface area contributed by atoms with Crippen LogP contribution in [0.15, 0.2) is 97.2 Å².